The number of nitrogen functional groups attached to an aromatic ring is 1. The molecule has 0 spiro atoms. The van der Waals surface area contributed by atoms with Gasteiger partial charge in [0.2, 0.25) is 0 Å². The second-order valence-electron chi connectivity index (χ2n) is 7.75. The topological polar surface area (TPSA) is 84.5 Å². The monoisotopic (exact) mass is 476 g/mol. The molecule has 1 aromatic carbocycles. The fourth-order valence-corrected chi connectivity index (χ4v) is 4.39. The second kappa shape index (κ2) is 9.48. The summed E-state index contributed by atoms with van der Waals surface area (Å²) in [4.78, 5) is 11.0. The number of aliphatic hydroxyl groups is 1. The average Bonchev–Trinajstić information content (AvgIpc) is 2.79. The highest BCUT2D eigenvalue weighted by molar-refractivity contribution is 6.36. The highest BCUT2D eigenvalue weighted by Gasteiger charge is 2.21. The fraction of sp³-hybridized carbons (Fsp3) is 0.304. The van der Waals surface area contributed by atoms with Crippen LogP contribution in [0.5, 0.6) is 5.75 Å². The van der Waals surface area contributed by atoms with Crippen molar-refractivity contribution in [2.45, 2.75) is 32.0 Å². The molecule has 0 bridgehead atoms. The van der Waals surface area contributed by atoms with Crippen LogP contribution in [0, 0.1) is 5.82 Å². The zero-order chi connectivity index (χ0) is 22.8. The van der Waals surface area contributed by atoms with E-state index in [0.29, 0.717) is 16.3 Å². The first-order valence-electron chi connectivity index (χ1n) is 10.3. The Bertz CT molecular complexity index is 1110. The van der Waals surface area contributed by atoms with Gasteiger partial charge in [-0.1, -0.05) is 23.2 Å². The lowest BCUT2D eigenvalue weighted by Crippen LogP contribution is -2.36. The average molecular weight is 477 g/mol. The van der Waals surface area contributed by atoms with Crippen molar-refractivity contribution in [1.82, 2.24) is 9.97 Å². The number of nitrogens with two attached hydrogens (primary N) is 1. The highest BCUT2D eigenvalue weighted by atomic mass is 35.5. The number of anilines is 2. The predicted molar refractivity (Wildman–Crippen MR) is 125 cm³/mol. The minimum atomic E-state index is -0.653. The minimum Gasteiger partial charge on any atom is -0.482 e. The largest absolute Gasteiger partial charge is 0.482 e. The minimum absolute atomic E-state index is 0.0855. The van der Waals surface area contributed by atoms with Crippen LogP contribution >= 0.6 is 23.2 Å². The van der Waals surface area contributed by atoms with Crippen LogP contribution in [0.3, 0.4) is 0 Å². The third-order valence-corrected chi connectivity index (χ3v) is 6.25. The Morgan fingerprint density at radius 1 is 1.12 bits per heavy atom. The molecule has 4 rings (SSSR count). The van der Waals surface area contributed by atoms with Crippen molar-refractivity contribution in [1.29, 1.82) is 0 Å². The molecule has 2 aromatic heterocycles. The SMILES string of the molecule is CC(Oc1cc(-c2ccc(N3CCC(O)CC3)nc2)cnc1N)c1c(Cl)ccc(F)c1Cl. The van der Waals surface area contributed by atoms with E-state index in [9.17, 15) is 9.50 Å². The lowest BCUT2D eigenvalue weighted by molar-refractivity contribution is 0.145. The van der Waals surface area contributed by atoms with Crippen LogP contribution in [0.2, 0.25) is 10.0 Å². The summed E-state index contributed by atoms with van der Waals surface area (Å²) in [5.74, 6) is 0.821. The van der Waals surface area contributed by atoms with Crippen LogP contribution in [0.15, 0.2) is 42.7 Å². The van der Waals surface area contributed by atoms with Crippen LogP contribution in [0.25, 0.3) is 11.1 Å². The number of ether oxygens (including phenoxy) is 1. The lowest BCUT2D eigenvalue weighted by Gasteiger charge is -2.30. The van der Waals surface area contributed by atoms with Crippen molar-refractivity contribution in [3.8, 4) is 16.9 Å². The zero-order valence-corrected chi connectivity index (χ0v) is 18.9. The number of aromatic nitrogens is 2. The van der Waals surface area contributed by atoms with Gasteiger partial charge < -0.3 is 20.5 Å². The summed E-state index contributed by atoms with van der Waals surface area (Å²) in [6, 6.07) is 8.30. The molecule has 3 heterocycles. The van der Waals surface area contributed by atoms with Gasteiger partial charge in [-0.3, -0.25) is 0 Å². The van der Waals surface area contributed by atoms with Gasteiger partial charge >= 0.3 is 0 Å². The van der Waals surface area contributed by atoms with Gasteiger partial charge in [-0.2, -0.15) is 0 Å². The summed E-state index contributed by atoms with van der Waals surface area (Å²) < 4.78 is 19.9. The summed E-state index contributed by atoms with van der Waals surface area (Å²) in [7, 11) is 0. The van der Waals surface area contributed by atoms with Gasteiger partial charge in [-0.05, 0) is 50.1 Å². The third kappa shape index (κ3) is 4.75. The van der Waals surface area contributed by atoms with Crippen LogP contribution in [0.1, 0.15) is 31.4 Å². The molecule has 1 aliphatic heterocycles. The van der Waals surface area contributed by atoms with Gasteiger partial charge in [-0.15, -0.1) is 0 Å². The number of pyridine rings is 2. The molecule has 0 amide bonds. The molecule has 1 atom stereocenters. The van der Waals surface area contributed by atoms with Crippen LogP contribution in [0.4, 0.5) is 16.0 Å². The van der Waals surface area contributed by atoms with Crippen LogP contribution in [-0.2, 0) is 0 Å². The summed E-state index contributed by atoms with van der Waals surface area (Å²) in [6.45, 7) is 3.26. The zero-order valence-electron chi connectivity index (χ0n) is 17.4. The first-order chi connectivity index (χ1) is 15.3. The van der Waals surface area contributed by atoms with Crippen molar-refractivity contribution in [2.24, 2.45) is 0 Å². The maximum atomic E-state index is 13.9. The van der Waals surface area contributed by atoms with Gasteiger partial charge in [0, 0.05) is 47.2 Å². The number of benzene rings is 1. The van der Waals surface area contributed by atoms with E-state index in [2.05, 4.69) is 14.9 Å². The molecule has 3 aromatic rings. The molecular weight excluding hydrogens is 454 g/mol. The maximum absolute atomic E-state index is 13.9. The number of rotatable bonds is 5. The Balaban J connectivity index is 1.55. The quantitative estimate of drug-likeness (QED) is 0.487. The molecule has 1 saturated heterocycles. The van der Waals surface area contributed by atoms with Gasteiger partial charge in [-0.25, -0.2) is 14.4 Å². The van der Waals surface area contributed by atoms with Crippen molar-refractivity contribution in [2.75, 3.05) is 23.7 Å². The molecule has 1 fully saturated rings. The molecular formula is C23H23Cl2FN4O2. The lowest BCUT2D eigenvalue weighted by atomic mass is 10.1. The number of hydrogen-bond acceptors (Lipinski definition) is 6. The van der Waals surface area contributed by atoms with E-state index in [1.54, 1.807) is 25.4 Å². The van der Waals surface area contributed by atoms with Crippen LogP contribution < -0.4 is 15.4 Å². The first-order valence-corrected chi connectivity index (χ1v) is 11.0. The number of piperidine rings is 1. The summed E-state index contributed by atoms with van der Waals surface area (Å²) in [6.07, 6.45) is 4.00. The van der Waals surface area contributed by atoms with E-state index in [1.807, 2.05) is 12.1 Å². The Hall–Kier alpha value is -2.61. The van der Waals surface area contributed by atoms with Crippen molar-refractivity contribution in [3.63, 3.8) is 0 Å². The van der Waals surface area contributed by atoms with E-state index >= 15 is 0 Å². The van der Waals surface area contributed by atoms with Crippen molar-refractivity contribution >= 4 is 34.8 Å². The predicted octanol–water partition coefficient (Wildman–Crippen LogP) is 5.27. The van der Waals surface area contributed by atoms with Gasteiger partial charge in [0.15, 0.2) is 11.6 Å². The Morgan fingerprint density at radius 3 is 2.53 bits per heavy atom. The first kappa shape index (κ1) is 22.6. The Kier molecular flexibility index (Phi) is 6.69. The molecule has 3 N–H and O–H groups in total. The summed E-state index contributed by atoms with van der Waals surface area (Å²) in [5.41, 5.74) is 7.97. The molecule has 0 radical (unpaired) electrons. The smallest absolute Gasteiger partial charge is 0.166 e. The van der Waals surface area contributed by atoms with Gasteiger partial charge in [0.1, 0.15) is 17.7 Å². The molecule has 0 saturated carbocycles. The molecule has 1 aliphatic rings. The van der Waals surface area contributed by atoms with Crippen molar-refractivity contribution in [3.05, 3.63) is 64.2 Å². The summed E-state index contributed by atoms with van der Waals surface area (Å²) in [5, 5.41) is 9.90. The maximum Gasteiger partial charge on any atom is 0.166 e. The van der Waals surface area contributed by atoms with E-state index in [-0.39, 0.29) is 16.9 Å². The van der Waals surface area contributed by atoms with E-state index < -0.39 is 11.9 Å². The molecule has 0 aliphatic carbocycles. The molecule has 32 heavy (non-hydrogen) atoms. The van der Waals surface area contributed by atoms with E-state index in [1.165, 1.54) is 12.1 Å². The van der Waals surface area contributed by atoms with Gasteiger partial charge in [0.25, 0.3) is 0 Å². The third-order valence-electron chi connectivity index (χ3n) is 5.54. The molecule has 9 heteroatoms. The van der Waals surface area contributed by atoms with Crippen molar-refractivity contribution < 1.29 is 14.2 Å². The fourth-order valence-electron chi connectivity index (χ4n) is 3.71. The molecule has 6 nitrogen and oxygen atoms in total. The van der Waals surface area contributed by atoms with Crippen LogP contribution in [-0.4, -0.2) is 34.3 Å². The van der Waals surface area contributed by atoms with E-state index in [4.69, 9.17) is 33.7 Å². The number of halogens is 3. The second-order valence-corrected chi connectivity index (χ2v) is 8.53. The number of nitrogens with zero attached hydrogens (tertiary/aromatic N) is 3. The Morgan fingerprint density at radius 2 is 1.84 bits per heavy atom. The standard InChI is InChI=1S/C23H23Cl2FN4O2/c1-13(21-17(24)3-4-18(26)22(21)25)32-19-10-15(12-29-23(19)27)14-2-5-20(28-11-14)30-8-6-16(31)7-9-30/h2-5,10-13,16,31H,6-9H2,1H3,(H2,27,29). The van der Waals surface area contributed by atoms with E-state index in [0.717, 1.165) is 42.9 Å². The highest BCUT2D eigenvalue weighted by Crippen LogP contribution is 2.37. The summed E-state index contributed by atoms with van der Waals surface area (Å²) >= 11 is 12.3. The molecule has 1 unspecified atom stereocenters. The number of hydrogen-bond donors (Lipinski definition) is 2. The van der Waals surface area contributed by atoms with Gasteiger partial charge in [0.05, 0.1) is 11.1 Å². The Labute approximate surface area is 195 Å². The number of aliphatic hydroxyl groups excluding tert-OH is 1. The molecule has 168 valence electrons. The normalized spacial score (nSPS) is 15.6.